The number of aliphatic hydroxyl groups excluding tert-OH is 1. The Labute approximate surface area is 170 Å². The molecule has 0 amide bonds. The van der Waals surface area contributed by atoms with Crippen LogP contribution in [-0.4, -0.2) is 47.0 Å². The maximum Gasteiger partial charge on any atom is 0.147 e. The van der Waals surface area contributed by atoms with Crippen LogP contribution in [0.25, 0.3) is 0 Å². The third-order valence-electron chi connectivity index (χ3n) is 7.59. The van der Waals surface area contributed by atoms with Gasteiger partial charge in [-0.15, -0.1) is 0 Å². The minimum atomic E-state index is -0.571. The van der Waals surface area contributed by atoms with Crippen LogP contribution in [-0.2, 0) is 18.4 Å². The normalized spacial score (nSPS) is 33.9. The highest BCUT2D eigenvalue weighted by Gasteiger charge is 2.64. The number of hydrogen-bond donors (Lipinski definition) is 3. The maximum absolute atomic E-state index is 10.8. The molecule has 4 aliphatic rings. The van der Waals surface area contributed by atoms with Gasteiger partial charge in [0.2, 0.25) is 0 Å². The minimum Gasteiger partial charge on any atom is -0.508 e. The summed E-state index contributed by atoms with van der Waals surface area (Å²) in [5, 5.41) is 23.8. The second kappa shape index (κ2) is 6.00. The van der Waals surface area contributed by atoms with Gasteiger partial charge in [-0.2, -0.15) is 0 Å². The van der Waals surface area contributed by atoms with E-state index in [1.807, 2.05) is 18.2 Å². The fourth-order valence-corrected chi connectivity index (χ4v) is 6.20. The van der Waals surface area contributed by atoms with Gasteiger partial charge in [0.1, 0.15) is 23.7 Å². The number of likely N-dealkylation sites (N-methyl/N-ethyl adjacent to an activating group) is 1. The smallest absolute Gasteiger partial charge is 0.147 e. The predicted molar refractivity (Wildman–Crippen MR) is 111 cm³/mol. The third-order valence-corrected chi connectivity index (χ3v) is 7.59. The van der Waals surface area contributed by atoms with Crippen LogP contribution in [0.2, 0.25) is 0 Å². The van der Waals surface area contributed by atoms with E-state index in [1.54, 1.807) is 12.1 Å². The molecule has 0 saturated carbocycles. The highest BCUT2D eigenvalue weighted by molar-refractivity contribution is 5.69. The lowest BCUT2D eigenvalue weighted by Crippen LogP contribution is -2.64. The van der Waals surface area contributed by atoms with Crippen molar-refractivity contribution in [2.24, 2.45) is 5.92 Å². The van der Waals surface area contributed by atoms with Crippen LogP contribution in [0.4, 0.5) is 5.69 Å². The number of phenolic OH excluding ortho intramolecular Hbond substituents is 1. The molecule has 0 radical (unpaired) electrons. The Morgan fingerprint density at radius 1 is 1.17 bits per heavy atom. The van der Waals surface area contributed by atoms with Crippen molar-refractivity contribution in [1.82, 2.24) is 4.90 Å². The van der Waals surface area contributed by atoms with E-state index in [0.717, 1.165) is 36.4 Å². The molecule has 6 rings (SSSR count). The van der Waals surface area contributed by atoms with Crippen LogP contribution >= 0.6 is 0 Å². The quantitative estimate of drug-likeness (QED) is 0.704. The first-order valence-electron chi connectivity index (χ1n) is 10.5. The molecule has 0 unspecified atom stereocenters. The largest absolute Gasteiger partial charge is 0.508 e. The van der Waals surface area contributed by atoms with Gasteiger partial charge in [-0.3, -0.25) is 0 Å². The Balaban J connectivity index is 1.42. The molecule has 2 heterocycles. The summed E-state index contributed by atoms with van der Waals surface area (Å²) in [7, 11) is 2.22. The number of aromatic hydroxyl groups is 1. The van der Waals surface area contributed by atoms with Gasteiger partial charge in [0.15, 0.2) is 0 Å². The number of nitrogens with one attached hydrogen (secondary N) is 1. The zero-order valence-electron chi connectivity index (χ0n) is 16.5. The van der Waals surface area contributed by atoms with Crippen molar-refractivity contribution in [3.05, 3.63) is 65.2 Å². The molecular formula is C24H26N2O3. The summed E-state index contributed by atoms with van der Waals surface area (Å²) in [6.45, 7) is 1.69. The Morgan fingerprint density at radius 2 is 2.00 bits per heavy atom. The van der Waals surface area contributed by atoms with Gasteiger partial charge in [0.25, 0.3) is 0 Å². The Hall–Kier alpha value is -2.50. The van der Waals surface area contributed by atoms with Crippen molar-refractivity contribution in [2.75, 3.05) is 18.9 Å². The molecule has 3 N–H and O–H groups in total. The van der Waals surface area contributed by atoms with E-state index in [2.05, 4.69) is 35.5 Å². The fourth-order valence-electron chi connectivity index (χ4n) is 6.20. The number of aliphatic hydroxyl groups is 1. The molecular weight excluding hydrogens is 364 g/mol. The van der Waals surface area contributed by atoms with Gasteiger partial charge in [0, 0.05) is 29.5 Å². The standard InChI is InChI=1S/C24H26N2O3/c1-26-11-10-24-17-7-9-20(28)23(24)29-22-18(8-4-15(21(22)24)12-19(17)26)25-13-14-2-5-16(27)6-3-14/h2-9,17,19-20,23,25,27-28H,10-13H2,1H3/t17-,19+,20-,23-,24-/m0/s1. The van der Waals surface area contributed by atoms with Gasteiger partial charge in [-0.05, 0) is 55.8 Å². The Morgan fingerprint density at radius 3 is 2.83 bits per heavy atom. The number of anilines is 1. The van der Waals surface area contributed by atoms with Gasteiger partial charge < -0.3 is 25.2 Å². The van der Waals surface area contributed by atoms with Gasteiger partial charge in [-0.25, -0.2) is 0 Å². The summed E-state index contributed by atoms with van der Waals surface area (Å²) < 4.78 is 6.54. The van der Waals surface area contributed by atoms with E-state index in [0.29, 0.717) is 18.5 Å². The summed E-state index contributed by atoms with van der Waals surface area (Å²) in [5.41, 5.74) is 4.66. The summed E-state index contributed by atoms with van der Waals surface area (Å²) in [4.78, 5) is 2.48. The lowest BCUT2D eigenvalue weighted by Gasteiger charge is -2.56. The number of likely N-dealkylation sites (tertiary alicyclic amines) is 1. The monoisotopic (exact) mass is 390 g/mol. The average molecular weight is 390 g/mol. The van der Waals surface area contributed by atoms with E-state index in [9.17, 15) is 10.2 Å². The molecule has 1 saturated heterocycles. The summed E-state index contributed by atoms with van der Waals surface area (Å²) in [6, 6.07) is 12.1. The van der Waals surface area contributed by atoms with Crippen LogP contribution in [0.15, 0.2) is 48.6 Å². The molecule has 5 heteroatoms. The zero-order valence-corrected chi connectivity index (χ0v) is 16.5. The van der Waals surface area contributed by atoms with E-state index in [1.165, 1.54) is 11.1 Å². The highest BCUT2D eigenvalue weighted by atomic mass is 16.5. The first-order chi connectivity index (χ1) is 14.1. The molecule has 2 aromatic rings. The molecule has 29 heavy (non-hydrogen) atoms. The molecule has 1 spiro atoms. The predicted octanol–water partition coefficient (Wildman–Crippen LogP) is 2.81. The van der Waals surface area contributed by atoms with Crippen molar-refractivity contribution in [3.8, 4) is 11.5 Å². The second-order valence-electron chi connectivity index (χ2n) is 8.98. The first-order valence-corrected chi connectivity index (χ1v) is 10.5. The van der Waals surface area contributed by atoms with Crippen molar-refractivity contribution in [2.45, 2.75) is 43.1 Å². The van der Waals surface area contributed by atoms with E-state index >= 15 is 0 Å². The van der Waals surface area contributed by atoms with E-state index < -0.39 is 6.10 Å². The summed E-state index contributed by atoms with van der Waals surface area (Å²) in [5.74, 6) is 1.59. The molecule has 1 fully saturated rings. The summed E-state index contributed by atoms with van der Waals surface area (Å²) in [6.07, 6.45) is 5.45. The molecule has 150 valence electrons. The lowest BCUT2D eigenvalue weighted by molar-refractivity contribution is -0.0449. The molecule has 2 aliphatic heterocycles. The number of nitrogens with zero attached hydrogens (tertiary/aromatic N) is 1. The number of ether oxygens (including phenoxy) is 1. The van der Waals surface area contributed by atoms with Crippen LogP contribution in [0.5, 0.6) is 11.5 Å². The highest BCUT2D eigenvalue weighted by Crippen LogP contribution is 2.62. The minimum absolute atomic E-state index is 0.121. The van der Waals surface area contributed by atoms with Crippen LogP contribution < -0.4 is 10.1 Å². The van der Waals surface area contributed by atoms with E-state index in [-0.39, 0.29) is 17.3 Å². The zero-order chi connectivity index (χ0) is 19.8. The maximum atomic E-state index is 10.8. The van der Waals surface area contributed by atoms with Crippen molar-refractivity contribution in [1.29, 1.82) is 0 Å². The van der Waals surface area contributed by atoms with Crippen LogP contribution in [0.3, 0.4) is 0 Å². The fraction of sp³-hybridized carbons (Fsp3) is 0.417. The van der Waals surface area contributed by atoms with Gasteiger partial charge in [-0.1, -0.05) is 30.4 Å². The topological polar surface area (TPSA) is 65.0 Å². The Bertz CT molecular complexity index is 1000. The van der Waals surface area contributed by atoms with Crippen LogP contribution in [0, 0.1) is 5.92 Å². The van der Waals surface area contributed by atoms with Crippen molar-refractivity contribution in [3.63, 3.8) is 0 Å². The van der Waals surface area contributed by atoms with E-state index in [4.69, 9.17) is 4.74 Å². The lowest BCUT2D eigenvalue weighted by atomic mass is 9.53. The number of piperidine rings is 1. The molecule has 2 bridgehead atoms. The second-order valence-corrected chi connectivity index (χ2v) is 8.98. The summed E-state index contributed by atoms with van der Waals surface area (Å²) >= 11 is 0. The molecule has 0 aromatic heterocycles. The third kappa shape index (κ3) is 2.29. The number of rotatable bonds is 3. The van der Waals surface area contributed by atoms with Gasteiger partial charge in [0.05, 0.1) is 5.69 Å². The SMILES string of the molecule is CN1CC[C@]23c4c5ccc(NCc6ccc(O)cc6)c4O[C@H]2[C@@H](O)C=C[C@H]3[C@H]1C5. The number of hydrogen-bond acceptors (Lipinski definition) is 5. The Kier molecular flexibility index (Phi) is 3.59. The van der Waals surface area contributed by atoms with Gasteiger partial charge >= 0.3 is 0 Å². The number of benzene rings is 2. The molecule has 5 atom stereocenters. The van der Waals surface area contributed by atoms with Crippen molar-refractivity contribution < 1.29 is 14.9 Å². The first kappa shape index (κ1) is 17.4. The average Bonchev–Trinajstić information content (AvgIpc) is 3.08. The molecule has 2 aliphatic carbocycles. The molecule has 5 nitrogen and oxygen atoms in total. The van der Waals surface area contributed by atoms with Crippen LogP contribution in [0.1, 0.15) is 23.1 Å². The molecule has 2 aromatic carbocycles. The number of phenols is 1. The van der Waals surface area contributed by atoms with Crippen molar-refractivity contribution >= 4 is 5.69 Å².